The van der Waals surface area contributed by atoms with Crippen molar-refractivity contribution in [3.05, 3.63) is 23.8 Å². The summed E-state index contributed by atoms with van der Waals surface area (Å²) >= 11 is 0. The first kappa shape index (κ1) is 15.9. The number of aromatic hydroxyl groups is 1. The van der Waals surface area contributed by atoms with Crippen LogP contribution in [0.4, 0.5) is 5.69 Å². The van der Waals surface area contributed by atoms with Crippen LogP contribution < -0.4 is 5.32 Å². The molecule has 2 rings (SSSR count). The van der Waals surface area contributed by atoms with Gasteiger partial charge in [0.1, 0.15) is 5.75 Å². The van der Waals surface area contributed by atoms with E-state index in [1.807, 2.05) is 13.0 Å². The van der Waals surface area contributed by atoms with Crippen LogP contribution >= 0.6 is 0 Å². The summed E-state index contributed by atoms with van der Waals surface area (Å²) in [4.78, 5) is 12.3. The molecule has 1 amide bonds. The van der Waals surface area contributed by atoms with Gasteiger partial charge in [-0.05, 0) is 61.6 Å². The van der Waals surface area contributed by atoms with Crippen LogP contribution in [0.5, 0.6) is 5.75 Å². The molecule has 0 bridgehead atoms. The van der Waals surface area contributed by atoms with Crippen LogP contribution in [0.2, 0.25) is 0 Å². The fourth-order valence-electron chi connectivity index (χ4n) is 3.20. The SMILES string of the molecule is Cc1ccc(NC(=O)C2CCC(C(C)(C)C)CC2)c(O)c1. The summed E-state index contributed by atoms with van der Waals surface area (Å²) in [6.07, 6.45) is 4.11. The minimum absolute atomic E-state index is 0.0431. The number of aryl methyl sites for hydroxylation is 1. The average Bonchev–Trinajstić information content (AvgIpc) is 2.41. The lowest BCUT2D eigenvalue weighted by molar-refractivity contribution is -0.121. The highest BCUT2D eigenvalue weighted by Crippen LogP contribution is 2.40. The molecule has 1 aromatic carbocycles. The number of anilines is 1. The zero-order valence-electron chi connectivity index (χ0n) is 13.6. The Morgan fingerprint density at radius 2 is 1.81 bits per heavy atom. The highest BCUT2D eigenvalue weighted by atomic mass is 16.3. The summed E-state index contributed by atoms with van der Waals surface area (Å²) in [6.45, 7) is 8.76. The third kappa shape index (κ3) is 3.99. The molecule has 0 atom stereocenters. The van der Waals surface area contributed by atoms with Gasteiger partial charge in [-0.25, -0.2) is 0 Å². The van der Waals surface area contributed by atoms with Gasteiger partial charge in [-0.15, -0.1) is 0 Å². The molecular weight excluding hydrogens is 262 g/mol. The highest BCUT2D eigenvalue weighted by molar-refractivity contribution is 5.93. The third-order valence-electron chi connectivity index (χ3n) is 4.73. The van der Waals surface area contributed by atoms with Crippen LogP contribution in [-0.2, 0) is 4.79 Å². The largest absolute Gasteiger partial charge is 0.506 e. The maximum absolute atomic E-state index is 12.3. The van der Waals surface area contributed by atoms with Crippen LogP contribution in [-0.4, -0.2) is 11.0 Å². The zero-order chi connectivity index (χ0) is 15.6. The van der Waals surface area contributed by atoms with Crippen molar-refractivity contribution < 1.29 is 9.90 Å². The Labute approximate surface area is 127 Å². The predicted octanol–water partition coefficient (Wildman–Crippen LogP) is 4.49. The van der Waals surface area contributed by atoms with Crippen LogP contribution in [0.15, 0.2) is 18.2 Å². The van der Waals surface area contributed by atoms with E-state index in [-0.39, 0.29) is 17.6 Å². The van der Waals surface area contributed by atoms with Gasteiger partial charge in [0, 0.05) is 5.92 Å². The number of hydrogen-bond acceptors (Lipinski definition) is 2. The molecule has 0 aliphatic heterocycles. The maximum Gasteiger partial charge on any atom is 0.227 e. The van der Waals surface area contributed by atoms with Crippen molar-refractivity contribution in [3.8, 4) is 5.75 Å². The Balaban J connectivity index is 1.93. The number of carbonyl (C=O) groups excluding carboxylic acids is 1. The van der Waals surface area contributed by atoms with Crippen molar-refractivity contribution in [2.24, 2.45) is 17.3 Å². The average molecular weight is 289 g/mol. The van der Waals surface area contributed by atoms with E-state index < -0.39 is 0 Å². The molecule has 3 nitrogen and oxygen atoms in total. The molecule has 0 heterocycles. The van der Waals surface area contributed by atoms with E-state index in [0.29, 0.717) is 17.0 Å². The van der Waals surface area contributed by atoms with E-state index in [2.05, 4.69) is 26.1 Å². The number of benzene rings is 1. The molecular formula is C18H27NO2. The van der Waals surface area contributed by atoms with Crippen LogP contribution in [0.3, 0.4) is 0 Å². The minimum Gasteiger partial charge on any atom is -0.506 e. The summed E-state index contributed by atoms with van der Waals surface area (Å²) in [5.41, 5.74) is 1.83. The van der Waals surface area contributed by atoms with Crippen molar-refractivity contribution in [1.29, 1.82) is 0 Å². The smallest absolute Gasteiger partial charge is 0.227 e. The second-order valence-corrected chi connectivity index (χ2v) is 7.42. The number of carbonyl (C=O) groups is 1. The van der Waals surface area contributed by atoms with E-state index in [9.17, 15) is 9.90 Å². The fraction of sp³-hybridized carbons (Fsp3) is 0.611. The molecule has 21 heavy (non-hydrogen) atoms. The summed E-state index contributed by atoms with van der Waals surface area (Å²) in [5, 5.41) is 12.7. The molecule has 1 saturated carbocycles. The van der Waals surface area contributed by atoms with Gasteiger partial charge in [0.2, 0.25) is 5.91 Å². The number of rotatable bonds is 2. The Kier molecular flexibility index (Phi) is 4.60. The van der Waals surface area contributed by atoms with Crippen molar-refractivity contribution in [1.82, 2.24) is 0 Å². The van der Waals surface area contributed by atoms with E-state index in [1.54, 1.807) is 12.1 Å². The van der Waals surface area contributed by atoms with Crippen LogP contribution in [0, 0.1) is 24.2 Å². The lowest BCUT2D eigenvalue weighted by Gasteiger charge is -2.36. The Morgan fingerprint density at radius 3 is 2.33 bits per heavy atom. The molecule has 0 spiro atoms. The summed E-state index contributed by atoms with van der Waals surface area (Å²) in [5.74, 6) is 0.965. The second-order valence-electron chi connectivity index (χ2n) is 7.42. The number of nitrogens with one attached hydrogen (secondary N) is 1. The number of hydrogen-bond donors (Lipinski definition) is 2. The molecule has 1 aliphatic rings. The number of amides is 1. The van der Waals surface area contributed by atoms with Gasteiger partial charge < -0.3 is 10.4 Å². The lowest BCUT2D eigenvalue weighted by Crippen LogP contribution is -2.31. The summed E-state index contributed by atoms with van der Waals surface area (Å²) in [7, 11) is 0. The predicted molar refractivity (Wildman–Crippen MR) is 86.4 cm³/mol. The van der Waals surface area contributed by atoms with Gasteiger partial charge in [-0.2, -0.15) is 0 Å². The van der Waals surface area contributed by atoms with Crippen molar-refractivity contribution >= 4 is 11.6 Å². The zero-order valence-corrected chi connectivity index (χ0v) is 13.6. The molecule has 0 unspecified atom stereocenters. The van der Waals surface area contributed by atoms with E-state index >= 15 is 0 Å². The van der Waals surface area contributed by atoms with E-state index in [1.165, 1.54) is 0 Å². The molecule has 0 aromatic heterocycles. The topological polar surface area (TPSA) is 49.3 Å². The molecule has 116 valence electrons. The fourth-order valence-corrected chi connectivity index (χ4v) is 3.20. The van der Waals surface area contributed by atoms with Crippen molar-refractivity contribution in [3.63, 3.8) is 0 Å². The highest BCUT2D eigenvalue weighted by Gasteiger charge is 2.32. The number of phenolic OH excluding ortho intramolecular Hbond substituents is 1. The van der Waals surface area contributed by atoms with Gasteiger partial charge in [0.15, 0.2) is 0 Å². The Hall–Kier alpha value is -1.51. The first-order valence-electron chi connectivity index (χ1n) is 7.88. The normalized spacial score (nSPS) is 22.9. The molecule has 1 fully saturated rings. The van der Waals surface area contributed by atoms with E-state index in [4.69, 9.17) is 0 Å². The molecule has 1 aliphatic carbocycles. The van der Waals surface area contributed by atoms with Gasteiger partial charge >= 0.3 is 0 Å². The summed E-state index contributed by atoms with van der Waals surface area (Å²) in [6, 6.07) is 5.33. The first-order chi connectivity index (χ1) is 9.77. The maximum atomic E-state index is 12.3. The molecule has 2 N–H and O–H groups in total. The van der Waals surface area contributed by atoms with E-state index in [0.717, 1.165) is 31.2 Å². The Bertz CT molecular complexity index is 508. The van der Waals surface area contributed by atoms with Gasteiger partial charge in [-0.3, -0.25) is 4.79 Å². The monoisotopic (exact) mass is 289 g/mol. The van der Waals surface area contributed by atoms with Gasteiger partial charge in [0.25, 0.3) is 0 Å². The number of phenols is 1. The molecule has 1 aromatic rings. The Morgan fingerprint density at radius 1 is 1.19 bits per heavy atom. The molecule has 0 saturated heterocycles. The van der Waals surface area contributed by atoms with Crippen molar-refractivity contribution in [2.45, 2.75) is 53.4 Å². The molecule has 3 heteroatoms. The molecule has 0 radical (unpaired) electrons. The lowest BCUT2D eigenvalue weighted by atomic mass is 9.69. The summed E-state index contributed by atoms with van der Waals surface area (Å²) < 4.78 is 0. The van der Waals surface area contributed by atoms with Crippen molar-refractivity contribution in [2.75, 3.05) is 5.32 Å². The standard InChI is InChI=1S/C18H27NO2/c1-12-5-10-15(16(20)11-12)19-17(21)13-6-8-14(9-7-13)18(2,3)4/h5,10-11,13-14,20H,6-9H2,1-4H3,(H,19,21). The van der Waals surface area contributed by atoms with Gasteiger partial charge in [0.05, 0.1) is 5.69 Å². The first-order valence-corrected chi connectivity index (χ1v) is 7.88. The minimum atomic E-state index is 0.0431. The quantitative estimate of drug-likeness (QED) is 0.788. The van der Waals surface area contributed by atoms with Crippen LogP contribution in [0.1, 0.15) is 52.0 Å². The third-order valence-corrected chi connectivity index (χ3v) is 4.73. The second kappa shape index (κ2) is 6.08. The van der Waals surface area contributed by atoms with Crippen LogP contribution in [0.25, 0.3) is 0 Å². The van der Waals surface area contributed by atoms with Gasteiger partial charge in [-0.1, -0.05) is 26.8 Å².